The highest BCUT2D eigenvalue weighted by molar-refractivity contribution is 7.89. The molecule has 1 atom stereocenters. The zero-order chi connectivity index (χ0) is 17.9. The van der Waals surface area contributed by atoms with E-state index in [0.717, 1.165) is 5.69 Å². The van der Waals surface area contributed by atoms with Crippen molar-refractivity contribution in [2.24, 2.45) is 0 Å². The van der Waals surface area contributed by atoms with Crippen LogP contribution in [0.3, 0.4) is 0 Å². The topological polar surface area (TPSA) is 110 Å². The minimum Gasteiger partial charge on any atom is -0.351 e. The van der Waals surface area contributed by atoms with Gasteiger partial charge in [0.05, 0.1) is 30.2 Å². The van der Waals surface area contributed by atoms with Gasteiger partial charge in [0.15, 0.2) is 0 Å². The van der Waals surface area contributed by atoms with Gasteiger partial charge in [-0.25, -0.2) is 13.4 Å². The number of fused-ring (bicyclic) bond motifs is 1. The summed E-state index contributed by atoms with van der Waals surface area (Å²) in [6, 6.07) is 1.70. The first-order chi connectivity index (χ1) is 12.0. The van der Waals surface area contributed by atoms with E-state index >= 15 is 0 Å². The highest BCUT2D eigenvalue weighted by atomic mass is 32.2. The maximum atomic E-state index is 12.2. The molecular formula is C15H20N6O3S. The molecule has 25 heavy (non-hydrogen) atoms. The van der Waals surface area contributed by atoms with E-state index in [0.29, 0.717) is 26.1 Å². The van der Waals surface area contributed by atoms with Crippen LogP contribution in [0.25, 0.3) is 0 Å². The first kappa shape index (κ1) is 17.5. The van der Waals surface area contributed by atoms with Crippen LogP contribution >= 0.6 is 0 Å². The Morgan fingerprint density at radius 1 is 1.36 bits per heavy atom. The normalized spacial score (nSPS) is 17.9. The van der Waals surface area contributed by atoms with Gasteiger partial charge in [-0.2, -0.15) is 9.40 Å². The Hall–Kier alpha value is -2.33. The molecule has 0 fully saturated rings. The minimum absolute atomic E-state index is 0.0667. The number of carbonyl (C=O) groups is 1. The van der Waals surface area contributed by atoms with Crippen molar-refractivity contribution in [1.29, 1.82) is 0 Å². The molecule has 0 aliphatic carbocycles. The van der Waals surface area contributed by atoms with Crippen LogP contribution in [0.1, 0.15) is 35.6 Å². The van der Waals surface area contributed by atoms with Crippen LogP contribution in [0.4, 0.5) is 0 Å². The lowest BCUT2D eigenvalue weighted by molar-refractivity contribution is 0.0944. The molecule has 3 heterocycles. The van der Waals surface area contributed by atoms with Gasteiger partial charge in [-0.05, 0) is 19.4 Å². The van der Waals surface area contributed by atoms with Crippen molar-refractivity contribution >= 4 is 15.9 Å². The Morgan fingerprint density at radius 3 is 2.92 bits per heavy atom. The number of nitrogens with one attached hydrogen (secondary N) is 1. The Balaban J connectivity index is 1.64. The molecule has 10 heteroatoms. The first-order valence-electron chi connectivity index (χ1n) is 8.05. The Labute approximate surface area is 146 Å². The smallest absolute Gasteiger partial charge is 0.271 e. The summed E-state index contributed by atoms with van der Waals surface area (Å²) < 4.78 is 27.7. The maximum Gasteiger partial charge on any atom is 0.271 e. The number of rotatable bonds is 6. The quantitative estimate of drug-likeness (QED) is 0.784. The van der Waals surface area contributed by atoms with E-state index < -0.39 is 10.0 Å². The van der Waals surface area contributed by atoms with Gasteiger partial charge >= 0.3 is 0 Å². The van der Waals surface area contributed by atoms with Gasteiger partial charge in [-0.3, -0.25) is 14.5 Å². The molecule has 9 nitrogen and oxygen atoms in total. The van der Waals surface area contributed by atoms with Crippen LogP contribution in [0.5, 0.6) is 0 Å². The molecule has 1 aliphatic heterocycles. The van der Waals surface area contributed by atoms with E-state index in [-0.39, 0.29) is 23.4 Å². The van der Waals surface area contributed by atoms with E-state index in [1.807, 2.05) is 10.7 Å². The molecule has 0 saturated heterocycles. The molecule has 2 aromatic heterocycles. The van der Waals surface area contributed by atoms with Crippen LogP contribution in [-0.4, -0.2) is 57.2 Å². The number of aromatic nitrogens is 4. The Bertz CT molecular complexity index is 836. The van der Waals surface area contributed by atoms with Gasteiger partial charge in [-0.15, -0.1) is 0 Å². The zero-order valence-electron chi connectivity index (χ0n) is 13.9. The largest absolute Gasteiger partial charge is 0.351 e. The predicted octanol–water partition coefficient (Wildman–Crippen LogP) is 0.200. The number of hydrogen-bond acceptors (Lipinski definition) is 6. The minimum atomic E-state index is -3.27. The molecule has 0 bridgehead atoms. The number of sulfonamides is 1. The fourth-order valence-electron chi connectivity index (χ4n) is 2.82. The molecule has 1 N–H and O–H groups in total. The van der Waals surface area contributed by atoms with Crippen LogP contribution < -0.4 is 5.32 Å². The third-order valence-corrected chi connectivity index (χ3v) is 5.96. The van der Waals surface area contributed by atoms with Crippen molar-refractivity contribution in [3.63, 3.8) is 0 Å². The van der Waals surface area contributed by atoms with Crippen LogP contribution in [-0.2, 0) is 16.6 Å². The van der Waals surface area contributed by atoms with Crippen LogP contribution in [0.2, 0.25) is 0 Å². The third-order valence-electron chi connectivity index (χ3n) is 4.17. The predicted molar refractivity (Wildman–Crippen MR) is 90.1 cm³/mol. The molecule has 0 aromatic carbocycles. The van der Waals surface area contributed by atoms with Crippen LogP contribution in [0.15, 0.2) is 30.9 Å². The highest BCUT2D eigenvalue weighted by Crippen LogP contribution is 2.24. The molecule has 0 saturated carbocycles. The monoisotopic (exact) mass is 364 g/mol. The maximum absolute atomic E-state index is 12.2. The van der Waals surface area contributed by atoms with Crippen molar-refractivity contribution < 1.29 is 13.2 Å². The summed E-state index contributed by atoms with van der Waals surface area (Å²) in [6.45, 7) is 2.71. The molecule has 2 aromatic rings. The molecule has 1 amide bonds. The highest BCUT2D eigenvalue weighted by Gasteiger charge is 2.31. The lowest BCUT2D eigenvalue weighted by atomic mass is 10.1. The molecule has 3 rings (SSSR count). The van der Waals surface area contributed by atoms with E-state index in [9.17, 15) is 13.2 Å². The standard InChI is InChI=1S/C15H20N6O3S/c1-2-25(23,24)20-10-12(21-13(11-20)4-6-19-21)3-5-18-15(22)14-9-16-7-8-17-14/h4,6-9,12H,2-3,5,10-11H2,1H3,(H,18,22)/t12-/m1/s1. The number of nitrogens with zero attached hydrogens (tertiary/aromatic N) is 5. The van der Waals surface area contributed by atoms with Gasteiger partial charge in [-0.1, -0.05) is 0 Å². The van der Waals surface area contributed by atoms with Crippen molar-refractivity contribution in [2.45, 2.75) is 25.9 Å². The second kappa shape index (κ2) is 7.28. The van der Waals surface area contributed by atoms with Crippen LogP contribution in [0, 0.1) is 0 Å². The van der Waals surface area contributed by atoms with E-state index in [2.05, 4.69) is 20.4 Å². The fourth-order valence-corrected chi connectivity index (χ4v) is 3.91. The zero-order valence-corrected chi connectivity index (χ0v) is 14.7. The fraction of sp³-hybridized carbons (Fsp3) is 0.467. The molecule has 134 valence electrons. The van der Waals surface area contributed by atoms with Crippen molar-refractivity contribution in [1.82, 2.24) is 29.4 Å². The Kier molecular flexibility index (Phi) is 5.09. The molecule has 0 spiro atoms. The average Bonchev–Trinajstić information content (AvgIpc) is 3.11. The summed E-state index contributed by atoms with van der Waals surface area (Å²) in [5.74, 6) is -0.236. The molecule has 1 aliphatic rings. The van der Waals surface area contributed by atoms with Gasteiger partial charge < -0.3 is 5.32 Å². The van der Waals surface area contributed by atoms with Gasteiger partial charge in [0.2, 0.25) is 10.0 Å². The van der Waals surface area contributed by atoms with Crippen molar-refractivity contribution in [2.75, 3.05) is 18.8 Å². The number of hydrogen-bond donors (Lipinski definition) is 1. The summed E-state index contributed by atoms with van der Waals surface area (Å²) in [5.41, 5.74) is 1.11. The van der Waals surface area contributed by atoms with E-state index in [1.54, 1.807) is 13.1 Å². The van der Waals surface area contributed by atoms with E-state index in [4.69, 9.17) is 0 Å². The van der Waals surface area contributed by atoms with Crippen molar-refractivity contribution in [3.05, 3.63) is 42.2 Å². The second-order valence-electron chi connectivity index (χ2n) is 5.75. The third kappa shape index (κ3) is 3.85. The molecule has 0 unspecified atom stereocenters. The summed E-state index contributed by atoms with van der Waals surface area (Å²) in [4.78, 5) is 19.8. The SMILES string of the molecule is CCS(=O)(=O)N1Cc2ccnn2[C@H](CCNC(=O)c2cnccn2)C1. The van der Waals surface area contributed by atoms with Gasteiger partial charge in [0.1, 0.15) is 5.69 Å². The number of amides is 1. The lowest BCUT2D eigenvalue weighted by Crippen LogP contribution is -2.42. The second-order valence-corrected chi connectivity index (χ2v) is 8.01. The Morgan fingerprint density at radius 2 is 2.20 bits per heavy atom. The van der Waals surface area contributed by atoms with Gasteiger partial charge in [0, 0.05) is 31.7 Å². The molecular weight excluding hydrogens is 344 g/mol. The van der Waals surface area contributed by atoms with Gasteiger partial charge in [0.25, 0.3) is 5.91 Å². The average molecular weight is 364 g/mol. The lowest BCUT2D eigenvalue weighted by Gasteiger charge is -2.33. The molecule has 0 radical (unpaired) electrons. The van der Waals surface area contributed by atoms with Crippen molar-refractivity contribution in [3.8, 4) is 0 Å². The summed E-state index contributed by atoms with van der Waals surface area (Å²) >= 11 is 0. The first-order valence-corrected chi connectivity index (χ1v) is 9.66. The summed E-state index contributed by atoms with van der Waals surface area (Å²) in [6.07, 6.45) is 6.59. The summed E-state index contributed by atoms with van der Waals surface area (Å²) in [5, 5.41) is 7.08. The number of carbonyl (C=O) groups excluding carboxylic acids is 1. The van der Waals surface area contributed by atoms with E-state index in [1.165, 1.54) is 22.9 Å². The summed E-state index contributed by atoms with van der Waals surface area (Å²) in [7, 11) is -3.27.